The van der Waals surface area contributed by atoms with E-state index in [0.717, 1.165) is 11.8 Å². The van der Waals surface area contributed by atoms with Gasteiger partial charge in [-0.15, -0.1) is 0 Å². The van der Waals surface area contributed by atoms with Gasteiger partial charge in [0.2, 0.25) is 0 Å². The zero-order chi connectivity index (χ0) is 20.9. The molecule has 9 heteroatoms. The first-order valence-electron chi connectivity index (χ1n) is 9.05. The number of anilines is 1. The maximum absolute atomic E-state index is 13.3. The van der Waals surface area contributed by atoms with Gasteiger partial charge in [0.25, 0.3) is 0 Å². The van der Waals surface area contributed by atoms with Crippen LogP contribution in [0.15, 0.2) is 30.7 Å². The van der Waals surface area contributed by atoms with E-state index in [-0.39, 0.29) is 16.1 Å². The molecular formula is C20H18ClF3N4O. The Labute approximate surface area is 171 Å². The summed E-state index contributed by atoms with van der Waals surface area (Å²) < 4.78 is 45.2. The molecule has 1 spiro atoms. The Morgan fingerprint density at radius 2 is 2.03 bits per heavy atom. The molecule has 0 aromatic carbocycles. The monoisotopic (exact) mass is 422 g/mol. The molecule has 29 heavy (non-hydrogen) atoms. The number of halogens is 4. The highest BCUT2D eigenvalue weighted by molar-refractivity contribution is 6.30. The summed E-state index contributed by atoms with van der Waals surface area (Å²) in [5.41, 5.74) is -0.777. The standard InChI is InChI=1S/C20H18ClF3N4O/c1-29-16-2-3-26-6-13(16)5-18(10-25)8-19(9-18)11-28(12-19)15-4-14(21)7-27-17(15)20(22,23)24/h2-4,6-7H,5,8-9,11-12H2,1H3. The summed E-state index contributed by atoms with van der Waals surface area (Å²) in [5.74, 6) is 0.686. The fourth-order valence-corrected chi connectivity index (χ4v) is 4.94. The molecule has 1 saturated carbocycles. The van der Waals surface area contributed by atoms with Crippen LogP contribution >= 0.6 is 11.6 Å². The lowest BCUT2D eigenvalue weighted by molar-refractivity contribution is -0.141. The van der Waals surface area contributed by atoms with E-state index < -0.39 is 17.3 Å². The lowest BCUT2D eigenvalue weighted by Crippen LogP contribution is -2.66. The molecule has 152 valence electrons. The number of ether oxygens (including phenoxy) is 1. The SMILES string of the molecule is COc1ccncc1CC1(C#N)CC2(CN(c3cc(Cl)cnc3C(F)(F)F)C2)C1. The molecule has 0 N–H and O–H groups in total. The predicted molar refractivity (Wildman–Crippen MR) is 101 cm³/mol. The van der Waals surface area contributed by atoms with E-state index in [1.807, 2.05) is 0 Å². The van der Waals surface area contributed by atoms with Crippen molar-refractivity contribution in [3.8, 4) is 11.8 Å². The van der Waals surface area contributed by atoms with Gasteiger partial charge in [0, 0.05) is 42.7 Å². The molecule has 0 atom stereocenters. The Morgan fingerprint density at radius 3 is 2.66 bits per heavy atom. The second kappa shape index (κ2) is 6.77. The fourth-order valence-electron chi connectivity index (χ4n) is 4.78. The molecule has 3 heterocycles. The van der Waals surface area contributed by atoms with Crippen molar-refractivity contribution >= 4 is 17.3 Å². The van der Waals surface area contributed by atoms with E-state index in [2.05, 4.69) is 16.0 Å². The third kappa shape index (κ3) is 3.48. The van der Waals surface area contributed by atoms with Gasteiger partial charge in [-0.25, -0.2) is 4.98 Å². The van der Waals surface area contributed by atoms with Crippen LogP contribution < -0.4 is 9.64 Å². The van der Waals surface area contributed by atoms with Crippen LogP contribution in [0.2, 0.25) is 5.02 Å². The number of aromatic nitrogens is 2. The van der Waals surface area contributed by atoms with E-state index >= 15 is 0 Å². The third-order valence-electron chi connectivity index (χ3n) is 5.77. The Morgan fingerprint density at radius 1 is 1.31 bits per heavy atom. The second-order valence-electron chi connectivity index (χ2n) is 7.99. The van der Waals surface area contributed by atoms with Crippen molar-refractivity contribution in [3.63, 3.8) is 0 Å². The largest absolute Gasteiger partial charge is 0.496 e. The maximum Gasteiger partial charge on any atom is 0.435 e. The van der Waals surface area contributed by atoms with E-state index in [1.54, 1.807) is 30.5 Å². The van der Waals surface area contributed by atoms with Crippen LogP contribution in [0.5, 0.6) is 5.75 Å². The van der Waals surface area contributed by atoms with Gasteiger partial charge in [-0.05, 0) is 31.4 Å². The van der Waals surface area contributed by atoms with Gasteiger partial charge in [-0.1, -0.05) is 11.6 Å². The highest BCUT2D eigenvalue weighted by atomic mass is 35.5. The van der Waals surface area contributed by atoms with Crippen molar-refractivity contribution in [1.29, 1.82) is 5.26 Å². The first-order valence-corrected chi connectivity index (χ1v) is 9.43. The molecule has 1 aliphatic heterocycles. The van der Waals surface area contributed by atoms with E-state index in [9.17, 15) is 18.4 Å². The van der Waals surface area contributed by atoms with Crippen molar-refractivity contribution in [3.05, 3.63) is 47.0 Å². The third-order valence-corrected chi connectivity index (χ3v) is 5.97. The summed E-state index contributed by atoms with van der Waals surface area (Å²) in [6.45, 7) is 0.900. The predicted octanol–water partition coefficient (Wildman–Crippen LogP) is 4.51. The highest BCUT2D eigenvalue weighted by Gasteiger charge is 2.61. The summed E-state index contributed by atoms with van der Waals surface area (Å²) in [5, 5.41) is 9.95. The Kier molecular flexibility index (Phi) is 4.61. The van der Waals surface area contributed by atoms with Gasteiger partial charge in [-0.2, -0.15) is 18.4 Å². The summed E-state index contributed by atoms with van der Waals surface area (Å²) in [6, 6.07) is 5.48. The number of hydrogen-bond donors (Lipinski definition) is 0. The molecule has 2 aliphatic rings. The van der Waals surface area contributed by atoms with Gasteiger partial charge in [0.05, 0.1) is 29.3 Å². The molecule has 0 unspecified atom stereocenters. The van der Waals surface area contributed by atoms with E-state index in [4.69, 9.17) is 16.3 Å². The summed E-state index contributed by atoms with van der Waals surface area (Å²) in [6.07, 6.45) is 1.55. The van der Waals surface area contributed by atoms with Crippen molar-refractivity contribution in [2.24, 2.45) is 10.8 Å². The van der Waals surface area contributed by atoms with Crippen molar-refractivity contribution < 1.29 is 17.9 Å². The molecule has 5 nitrogen and oxygen atoms in total. The van der Waals surface area contributed by atoms with Crippen LogP contribution in [0.3, 0.4) is 0 Å². The average molecular weight is 423 g/mol. The number of nitriles is 1. The van der Waals surface area contributed by atoms with Gasteiger partial charge < -0.3 is 9.64 Å². The molecule has 1 saturated heterocycles. The first-order chi connectivity index (χ1) is 13.7. The number of methoxy groups -OCH3 is 1. The van der Waals surface area contributed by atoms with Gasteiger partial charge in [-0.3, -0.25) is 4.98 Å². The first kappa shape index (κ1) is 19.8. The van der Waals surface area contributed by atoms with Crippen molar-refractivity contribution in [2.45, 2.75) is 25.4 Å². The average Bonchev–Trinajstić information content (AvgIpc) is 2.61. The molecular weight excluding hydrogens is 405 g/mol. The number of nitrogens with zero attached hydrogens (tertiary/aromatic N) is 4. The van der Waals surface area contributed by atoms with Crippen LogP contribution in [-0.2, 0) is 12.6 Å². The number of rotatable bonds is 4. The maximum atomic E-state index is 13.3. The molecule has 0 bridgehead atoms. The topological polar surface area (TPSA) is 62.0 Å². The lowest BCUT2D eigenvalue weighted by atomic mass is 9.48. The normalized spacial score (nSPS) is 19.2. The van der Waals surface area contributed by atoms with Crippen LogP contribution in [0.25, 0.3) is 0 Å². The summed E-state index contributed by atoms with van der Waals surface area (Å²) in [7, 11) is 1.57. The molecule has 2 aromatic heterocycles. The van der Waals surface area contributed by atoms with E-state index in [1.165, 1.54) is 6.07 Å². The van der Waals surface area contributed by atoms with E-state index in [0.29, 0.717) is 38.1 Å². The van der Waals surface area contributed by atoms with Gasteiger partial charge >= 0.3 is 6.18 Å². The second-order valence-corrected chi connectivity index (χ2v) is 8.42. The minimum Gasteiger partial charge on any atom is -0.496 e. The minimum atomic E-state index is -4.55. The van der Waals surface area contributed by atoms with Crippen molar-refractivity contribution in [1.82, 2.24) is 9.97 Å². The highest BCUT2D eigenvalue weighted by Crippen LogP contribution is 2.61. The number of hydrogen-bond acceptors (Lipinski definition) is 5. The molecule has 1 aliphatic carbocycles. The molecule has 0 amide bonds. The molecule has 2 fully saturated rings. The number of pyridine rings is 2. The fraction of sp³-hybridized carbons (Fsp3) is 0.450. The Bertz CT molecular complexity index is 974. The molecule has 2 aromatic rings. The lowest BCUT2D eigenvalue weighted by Gasteiger charge is -2.63. The quantitative estimate of drug-likeness (QED) is 0.725. The van der Waals surface area contributed by atoms with Crippen LogP contribution in [-0.4, -0.2) is 30.2 Å². The Balaban J connectivity index is 1.48. The summed E-state index contributed by atoms with van der Waals surface area (Å²) >= 11 is 5.88. The van der Waals surface area contributed by atoms with Gasteiger partial charge in [0.15, 0.2) is 5.69 Å². The smallest absolute Gasteiger partial charge is 0.435 e. The van der Waals surface area contributed by atoms with Crippen LogP contribution in [0, 0.1) is 22.2 Å². The van der Waals surface area contributed by atoms with Gasteiger partial charge in [0.1, 0.15) is 5.75 Å². The zero-order valence-electron chi connectivity index (χ0n) is 15.6. The molecule has 0 radical (unpaired) electrons. The zero-order valence-corrected chi connectivity index (χ0v) is 16.4. The minimum absolute atomic E-state index is 0.000915. The van der Waals surface area contributed by atoms with Crippen LogP contribution in [0.1, 0.15) is 24.1 Å². The number of alkyl halides is 3. The summed E-state index contributed by atoms with van der Waals surface area (Å²) in [4.78, 5) is 9.25. The van der Waals surface area contributed by atoms with Crippen molar-refractivity contribution in [2.75, 3.05) is 25.1 Å². The Hall–Kier alpha value is -2.53. The van der Waals surface area contributed by atoms with Crippen LogP contribution in [0.4, 0.5) is 18.9 Å². The molecule has 4 rings (SSSR count).